The molecule has 5 rings (SSSR count). The molecular weight excluding hydrogens is 699 g/mol. The Labute approximate surface area is 296 Å². The molecule has 0 bridgehead atoms. The van der Waals surface area contributed by atoms with E-state index in [-0.39, 0.29) is 23.4 Å². The molecule has 1 atom stereocenters. The van der Waals surface area contributed by atoms with Gasteiger partial charge >= 0.3 is 0 Å². The van der Waals surface area contributed by atoms with E-state index in [1.54, 1.807) is 62.0 Å². The molecule has 0 saturated carbocycles. The van der Waals surface area contributed by atoms with Gasteiger partial charge in [0.1, 0.15) is 22.9 Å². The second-order valence-corrected chi connectivity index (χ2v) is 13.3. The summed E-state index contributed by atoms with van der Waals surface area (Å²) >= 11 is 20.6. The summed E-state index contributed by atoms with van der Waals surface area (Å²) in [6.45, 7) is 3.09. The van der Waals surface area contributed by atoms with Crippen molar-refractivity contribution in [2.75, 3.05) is 11.0 Å². The van der Waals surface area contributed by atoms with Gasteiger partial charge in [0.15, 0.2) is 5.82 Å². The van der Waals surface area contributed by atoms with Crippen LogP contribution >= 0.6 is 46.8 Å². The van der Waals surface area contributed by atoms with E-state index in [2.05, 4.69) is 27.0 Å². The molecule has 2 aromatic heterocycles. The van der Waals surface area contributed by atoms with E-state index in [1.807, 2.05) is 12.3 Å². The zero-order valence-electron chi connectivity index (χ0n) is 26.3. The quantitative estimate of drug-likeness (QED) is 0.105. The number of hydrogen-bond donors (Lipinski definition) is 3. The fraction of sp³-hybridized carbons (Fsp3) is 0.229. The number of aliphatic hydroxyl groups is 1. The predicted octanol–water partition coefficient (Wildman–Crippen LogP) is 8.33. The number of hydrogen-bond acceptors (Lipinski definition) is 6. The van der Waals surface area contributed by atoms with Crippen molar-refractivity contribution in [2.45, 2.75) is 38.3 Å². The third kappa shape index (κ3) is 8.23. The fourth-order valence-electron chi connectivity index (χ4n) is 5.30. The minimum absolute atomic E-state index is 0.0343. The molecule has 5 aromatic rings. The first-order chi connectivity index (χ1) is 22.7. The average Bonchev–Trinajstić information content (AvgIpc) is 3.34. The highest BCUT2D eigenvalue weighted by Crippen LogP contribution is 2.40. The number of pyridine rings is 1. The highest BCUT2D eigenvalue weighted by atomic mass is 35.5. The molecule has 0 radical (unpaired) electrons. The highest BCUT2D eigenvalue weighted by molar-refractivity contribution is 7.99. The van der Waals surface area contributed by atoms with Crippen molar-refractivity contribution in [1.29, 1.82) is 0 Å². The Kier molecular flexibility index (Phi) is 10.9. The Morgan fingerprint density at radius 1 is 1.04 bits per heavy atom. The van der Waals surface area contributed by atoms with Crippen LogP contribution in [0.15, 0.2) is 60.7 Å². The van der Waals surface area contributed by atoms with E-state index in [9.17, 15) is 18.7 Å². The standard InChI is InChI=1S/C35H30Cl3F2N5O2S/c1-35(2,47)13-12-23-8-9-24(25-10-11-26(36)30-33(25)45(3)43-34(30)44-48-4)32(41-23)28(16-19-14-21(39)18-22(40)15-19)42-29(46)17-20-6-5-7-27(37)31(20)38/h5-11,14-15,18,28,47H,16-17H2,1-4H3,(H,42,46)(H,43,44). The molecule has 0 aliphatic heterocycles. The highest BCUT2D eigenvalue weighted by Gasteiger charge is 2.26. The number of benzene rings is 3. The Bertz CT molecular complexity index is 2070. The van der Waals surface area contributed by atoms with Crippen LogP contribution in [-0.2, 0) is 24.7 Å². The molecule has 0 aliphatic rings. The van der Waals surface area contributed by atoms with Crippen molar-refractivity contribution >= 4 is 69.4 Å². The molecule has 3 N–H and O–H groups in total. The lowest BCUT2D eigenvalue weighted by Crippen LogP contribution is -2.32. The van der Waals surface area contributed by atoms with Crippen molar-refractivity contribution in [1.82, 2.24) is 20.1 Å². The van der Waals surface area contributed by atoms with Crippen LogP contribution in [0, 0.1) is 23.5 Å². The smallest absolute Gasteiger partial charge is 0.225 e. The number of fused-ring (bicyclic) bond motifs is 1. The van der Waals surface area contributed by atoms with Crippen LogP contribution in [0.5, 0.6) is 0 Å². The summed E-state index contributed by atoms with van der Waals surface area (Å²) in [5, 5.41) is 19.6. The minimum Gasteiger partial charge on any atom is -0.378 e. The van der Waals surface area contributed by atoms with Gasteiger partial charge in [0, 0.05) is 30.5 Å². The number of carbonyl (C=O) groups excluding carboxylic acids is 1. The first-order valence-electron chi connectivity index (χ1n) is 14.6. The van der Waals surface area contributed by atoms with E-state index in [4.69, 9.17) is 39.8 Å². The number of anilines is 1. The van der Waals surface area contributed by atoms with Gasteiger partial charge < -0.3 is 15.1 Å². The maximum atomic E-state index is 14.4. The van der Waals surface area contributed by atoms with Crippen LogP contribution in [-0.4, -0.2) is 37.6 Å². The summed E-state index contributed by atoms with van der Waals surface area (Å²) in [7, 11) is 1.79. The second-order valence-electron chi connectivity index (χ2n) is 11.5. The summed E-state index contributed by atoms with van der Waals surface area (Å²) < 4.78 is 33.7. The van der Waals surface area contributed by atoms with Crippen molar-refractivity contribution in [3.63, 3.8) is 0 Å². The summed E-state index contributed by atoms with van der Waals surface area (Å²) in [4.78, 5) is 18.5. The van der Waals surface area contributed by atoms with Crippen LogP contribution in [0.3, 0.4) is 0 Å². The van der Waals surface area contributed by atoms with Crippen molar-refractivity contribution in [3.8, 4) is 23.0 Å². The number of aryl methyl sites for hydroxylation is 1. The molecule has 7 nitrogen and oxygen atoms in total. The van der Waals surface area contributed by atoms with Crippen LogP contribution in [0.25, 0.3) is 22.0 Å². The molecule has 0 fully saturated rings. The van der Waals surface area contributed by atoms with E-state index in [0.29, 0.717) is 54.8 Å². The second kappa shape index (κ2) is 14.7. The van der Waals surface area contributed by atoms with Gasteiger partial charge in [-0.15, -0.1) is 0 Å². The normalized spacial score (nSPS) is 12.0. The van der Waals surface area contributed by atoms with Crippen LogP contribution in [0.1, 0.15) is 42.4 Å². The predicted molar refractivity (Wildman–Crippen MR) is 190 cm³/mol. The largest absolute Gasteiger partial charge is 0.378 e. The molecule has 1 amide bonds. The summed E-state index contributed by atoms with van der Waals surface area (Å²) in [6.07, 6.45) is 1.71. The van der Waals surface area contributed by atoms with Crippen LogP contribution < -0.4 is 10.0 Å². The molecule has 1 unspecified atom stereocenters. The number of halogens is 5. The van der Waals surface area contributed by atoms with Crippen molar-refractivity contribution < 1.29 is 18.7 Å². The number of amides is 1. The molecule has 13 heteroatoms. The first-order valence-corrected chi connectivity index (χ1v) is 17.0. The van der Waals surface area contributed by atoms with Crippen molar-refractivity contribution in [2.24, 2.45) is 7.05 Å². The zero-order valence-corrected chi connectivity index (χ0v) is 29.3. The molecule has 0 spiro atoms. The Hall–Kier alpha value is -3.85. The lowest BCUT2D eigenvalue weighted by Gasteiger charge is -2.23. The van der Waals surface area contributed by atoms with Gasteiger partial charge in [-0.25, -0.2) is 13.8 Å². The molecule has 2 heterocycles. The fourth-order valence-corrected chi connectivity index (χ4v) is 6.27. The number of carbonyl (C=O) groups is 1. The van der Waals surface area contributed by atoms with Gasteiger partial charge in [0.05, 0.1) is 44.1 Å². The van der Waals surface area contributed by atoms with Gasteiger partial charge in [-0.2, -0.15) is 5.10 Å². The van der Waals surface area contributed by atoms with Crippen LogP contribution in [0.2, 0.25) is 15.1 Å². The summed E-state index contributed by atoms with van der Waals surface area (Å²) in [6, 6.07) is 14.3. The van der Waals surface area contributed by atoms with E-state index in [0.717, 1.165) is 6.07 Å². The van der Waals surface area contributed by atoms with Gasteiger partial charge in [-0.1, -0.05) is 70.9 Å². The third-order valence-electron chi connectivity index (χ3n) is 7.26. The summed E-state index contributed by atoms with van der Waals surface area (Å²) in [5.41, 5.74) is 2.10. The number of nitrogens with one attached hydrogen (secondary N) is 2. The number of nitrogens with zero attached hydrogens (tertiary/aromatic N) is 3. The SMILES string of the molecule is CSNc1nn(C)c2c(-c3ccc(C#CC(C)(C)O)nc3C(Cc3cc(F)cc(F)c3)NC(=O)Cc3cccc(Cl)c3Cl)ccc(Cl)c12. The minimum atomic E-state index is -1.30. The van der Waals surface area contributed by atoms with E-state index < -0.39 is 29.2 Å². The van der Waals surface area contributed by atoms with E-state index in [1.165, 1.54) is 24.1 Å². The Morgan fingerprint density at radius 3 is 2.44 bits per heavy atom. The Morgan fingerprint density at radius 2 is 1.75 bits per heavy atom. The van der Waals surface area contributed by atoms with E-state index >= 15 is 0 Å². The average molecular weight is 729 g/mol. The maximum absolute atomic E-state index is 14.4. The van der Waals surface area contributed by atoms with Gasteiger partial charge in [0.25, 0.3) is 0 Å². The molecule has 3 aromatic carbocycles. The van der Waals surface area contributed by atoms with Gasteiger partial charge in [-0.3, -0.25) is 9.48 Å². The molecule has 48 heavy (non-hydrogen) atoms. The zero-order chi connectivity index (χ0) is 34.7. The molecule has 0 saturated heterocycles. The van der Waals surface area contributed by atoms with Crippen LogP contribution in [0.4, 0.5) is 14.6 Å². The van der Waals surface area contributed by atoms with Gasteiger partial charge in [-0.05, 0) is 73.7 Å². The lowest BCUT2D eigenvalue weighted by atomic mass is 9.93. The molecular formula is C35H30Cl3F2N5O2S. The number of rotatable bonds is 9. The number of aromatic nitrogens is 3. The van der Waals surface area contributed by atoms with Gasteiger partial charge in [0.2, 0.25) is 5.91 Å². The topological polar surface area (TPSA) is 92.1 Å². The summed E-state index contributed by atoms with van der Waals surface area (Å²) in [5.74, 6) is 4.27. The Balaban J connectivity index is 1.72. The van der Waals surface area contributed by atoms with Crippen molar-refractivity contribution in [3.05, 3.63) is 110 Å². The third-order valence-corrected chi connectivity index (χ3v) is 8.83. The molecule has 0 aliphatic carbocycles. The lowest BCUT2D eigenvalue weighted by molar-refractivity contribution is -0.121. The molecule has 248 valence electrons. The monoisotopic (exact) mass is 727 g/mol. The maximum Gasteiger partial charge on any atom is 0.225 e. The first kappa shape index (κ1) is 35.5.